The van der Waals surface area contributed by atoms with Crippen molar-refractivity contribution >= 4 is 21.7 Å². The second-order valence-electron chi connectivity index (χ2n) is 6.78. The third-order valence-corrected chi connectivity index (χ3v) is 4.18. The Bertz CT molecular complexity index is 448. The molecule has 20 heavy (non-hydrogen) atoms. The minimum absolute atomic E-state index is 0.0340. The molecule has 0 atom stereocenters. The highest BCUT2D eigenvalue weighted by Gasteiger charge is 2.20. The zero-order valence-electron chi connectivity index (χ0n) is 12.9. The van der Waals surface area contributed by atoms with Crippen LogP contribution in [0, 0.1) is 5.92 Å². The lowest BCUT2D eigenvalue weighted by molar-refractivity contribution is 0.226. The number of piperidine rings is 1. The average Bonchev–Trinajstić information content (AvgIpc) is 2.36. The summed E-state index contributed by atoms with van der Waals surface area (Å²) in [5.74, 6) is 2.55. The van der Waals surface area contributed by atoms with Crippen LogP contribution in [0.5, 0.6) is 0 Å². The Kier molecular flexibility index (Phi) is 5.02. The summed E-state index contributed by atoms with van der Waals surface area (Å²) in [6.07, 6.45) is 2.53. The normalized spacial score (nSPS) is 18.2. The first-order chi connectivity index (χ1) is 9.34. The van der Waals surface area contributed by atoms with E-state index in [4.69, 9.17) is 0 Å². The molecule has 0 aromatic carbocycles. The number of aromatic nitrogens is 2. The summed E-state index contributed by atoms with van der Waals surface area (Å²) in [5.41, 5.74) is -0.0340. The molecule has 0 bridgehead atoms. The standard InChI is InChI=1S/C15H25BrN4/c1-15(2,3)14-18-12(16)9-13(19-14)17-10-11-5-7-20(4)8-6-11/h9,11H,5-8,10H2,1-4H3,(H,17,18,19). The van der Waals surface area contributed by atoms with Crippen molar-refractivity contribution in [2.75, 3.05) is 32.0 Å². The van der Waals surface area contributed by atoms with Gasteiger partial charge in [-0.3, -0.25) is 0 Å². The van der Waals surface area contributed by atoms with Crippen molar-refractivity contribution < 1.29 is 0 Å². The number of halogens is 1. The molecule has 4 nitrogen and oxygen atoms in total. The fourth-order valence-electron chi connectivity index (χ4n) is 2.36. The van der Waals surface area contributed by atoms with Gasteiger partial charge in [0.2, 0.25) is 0 Å². The van der Waals surface area contributed by atoms with Crippen molar-refractivity contribution in [3.05, 3.63) is 16.5 Å². The Hall–Kier alpha value is -0.680. The Morgan fingerprint density at radius 2 is 1.95 bits per heavy atom. The molecule has 0 radical (unpaired) electrons. The summed E-state index contributed by atoms with van der Waals surface area (Å²) in [6, 6.07) is 1.96. The molecule has 1 aromatic heterocycles. The van der Waals surface area contributed by atoms with E-state index in [1.807, 2.05) is 6.07 Å². The van der Waals surface area contributed by atoms with Crippen LogP contribution >= 0.6 is 15.9 Å². The molecule has 5 heteroatoms. The average molecular weight is 341 g/mol. The first-order valence-corrected chi connectivity index (χ1v) is 8.11. The number of anilines is 1. The first kappa shape index (κ1) is 15.7. The number of hydrogen-bond acceptors (Lipinski definition) is 4. The first-order valence-electron chi connectivity index (χ1n) is 7.32. The highest BCUT2D eigenvalue weighted by Crippen LogP contribution is 2.23. The van der Waals surface area contributed by atoms with Gasteiger partial charge in [0.25, 0.3) is 0 Å². The van der Waals surface area contributed by atoms with E-state index in [9.17, 15) is 0 Å². The molecule has 1 fully saturated rings. The van der Waals surface area contributed by atoms with Crippen LogP contribution in [0.1, 0.15) is 39.4 Å². The maximum Gasteiger partial charge on any atom is 0.137 e. The lowest BCUT2D eigenvalue weighted by Gasteiger charge is -2.29. The number of nitrogens with one attached hydrogen (secondary N) is 1. The van der Waals surface area contributed by atoms with Gasteiger partial charge in [-0.15, -0.1) is 0 Å². The molecular weight excluding hydrogens is 316 g/mol. The van der Waals surface area contributed by atoms with Gasteiger partial charge in [0.05, 0.1) is 0 Å². The summed E-state index contributed by atoms with van der Waals surface area (Å²) >= 11 is 3.48. The highest BCUT2D eigenvalue weighted by molar-refractivity contribution is 9.10. The third-order valence-electron chi connectivity index (χ3n) is 3.78. The van der Waals surface area contributed by atoms with E-state index in [1.165, 1.54) is 25.9 Å². The Balaban J connectivity index is 1.97. The lowest BCUT2D eigenvalue weighted by Crippen LogP contribution is -2.33. The summed E-state index contributed by atoms with van der Waals surface area (Å²) in [4.78, 5) is 11.5. The minimum Gasteiger partial charge on any atom is -0.370 e. The van der Waals surface area contributed by atoms with E-state index in [1.54, 1.807) is 0 Å². The number of hydrogen-bond donors (Lipinski definition) is 1. The second kappa shape index (κ2) is 6.39. The maximum atomic E-state index is 4.64. The molecule has 1 aromatic rings. The molecule has 2 rings (SSSR count). The molecule has 1 aliphatic heterocycles. The van der Waals surface area contributed by atoms with Gasteiger partial charge >= 0.3 is 0 Å². The van der Waals surface area contributed by atoms with Crippen LogP contribution in [0.4, 0.5) is 5.82 Å². The topological polar surface area (TPSA) is 41.0 Å². The van der Waals surface area contributed by atoms with E-state index in [-0.39, 0.29) is 5.41 Å². The largest absolute Gasteiger partial charge is 0.370 e. The van der Waals surface area contributed by atoms with E-state index in [2.05, 4.69) is 63.9 Å². The van der Waals surface area contributed by atoms with Crippen molar-refractivity contribution in [1.82, 2.24) is 14.9 Å². The molecule has 0 unspecified atom stereocenters. The summed E-state index contributed by atoms with van der Waals surface area (Å²) in [5, 5.41) is 3.48. The minimum atomic E-state index is -0.0340. The van der Waals surface area contributed by atoms with Crippen LogP contribution in [-0.4, -0.2) is 41.5 Å². The Labute approximate surface area is 130 Å². The van der Waals surface area contributed by atoms with Crippen molar-refractivity contribution in [3.63, 3.8) is 0 Å². The van der Waals surface area contributed by atoms with Crippen LogP contribution in [0.3, 0.4) is 0 Å². The van der Waals surface area contributed by atoms with Crippen molar-refractivity contribution in [2.45, 2.75) is 39.0 Å². The van der Waals surface area contributed by atoms with Crippen molar-refractivity contribution in [2.24, 2.45) is 5.92 Å². The molecule has 0 amide bonds. The molecule has 1 saturated heterocycles. The molecule has 112 valence electrons. The summed E-state index contributed by atoms with van der Waals surface area (Å²) < 4.78 is 0.850. The predicted molar refractivity (Wildman–Crippen MR) is 87.1 cm³/mol. The predicted octanol–water partition coefficient (Wildman–Crippen LogP) is 3.29. The molecule has 0 aliphatic carbocycles. The van der Waals surface area contributed by atoms with E-state index in [0.717, 1.165) is 28.7 Å². The van der Waals surface area contributed by atoms with Crippen LogP contribution in [0.2, 0.25) is 0 Å². The monoisotopic (exact) mass is 340 g/mol. The van der Waals surface area contributed by atoms with Crippen molar-refractivity contribution in [3.8, 4) is 0 Å². The SMILES string of the molecule is CN1CCC(CNc2cc(Br)nc(C(C)(C)C)n2)CC1. The zero-order valence-corrected chi connectivity index (χ0v) is 14.5. The van der Waals surface area contributed by atoms with E-state index in [0.29, 0.717) is 0 Å². The smallest absolute Gasteiger partial charge is 0.137 e. The molecule has 1 N–H and O–H groups in total. The molecule has 1 aliphatic rings. The number of likely N-dealkylation sites (tertiary alicyclic amines) is 1. The fraction of sp³-hybridized carbons (Fsp3) is 0.733. The molecule has 2 heterocycles. The maximum absolute atomic E-state index is 4.64. The number of nitrogens with zero attached hydrogens (tertiary/aromatic N) is 3. The van der Waals surface area contributed by atoms with Gasteiger partial charge in [0.15, 0.2) is 0 Å². The highest BCUT2D eigenvalue weighted by atomic mass is 79.9. The quantitative estimate of drug-likeness (QED) is 0.857. The van der Waals surface area contributed by atoms with Gasteiger partial charge in [-0.1, -0.05) is 20.8 Å². The van der Waals surface area contributed by atoms with Gasteiger partial charge in [-0.25, -0.2) is 9.97 Å². The second-order valence-corrected chi connectivity index (χ2v) is 7.59. The number of rotatable bonds is 3. The summed E-state index contributed by atoms with van der Waals surface area (Å²) in [7, 11) is 2.20. The van der Waals surface area contributed by atoms with Gasteiger partial charge in [0, 0.05) is 18.0 Å². The van der Waals surface area contributed by atoms with Gasteiger partial charge < -0.3 is 10.2 Å². The van der Waals surface area contributed by atoms with Crippen LogP contribution < -0.4 is 5.32 Å². The van der Waals surface area contributed by atoms with Crippen LogP contribution in [-0.2, 0) is 5.41 Å². The Morgan fingerprint density at radius 1 is 1.30 bits per heavy atom. The zero-order chi connectivity index (χ0) is 14.8. The van der Waals surface area contributed by atoms with E-state index >= 15 is 0 Å². The van der Waals surface area contributed by atoms with Crippen LogP contribution in [0.15, 0.2) is 10.7 Å². The van der Waals surface area contributed by atoms with Crippen LogP contribution in [0.25, 0.3) is 0 Å². The molecule has 0 saturated carbocycles. The van der Waals surface area contributed by atoms with Gasteiger partial charge in [-0.05, 0) is 54.8 Å². The van der Waals surface area contributed by atoms with E-state index < -0.39 is 0 Å². The van der Waals surface area contributed by atoms with Crippen molar-refractivity contribution in [1.29, 1.82) is 0 Å². The Morgan fingerprint density at radius 3 is 2.55 bits per heavy atom. The lowest BCUT2D eigenvalue weighted by atomic mass is 9.96. The fourth-order valence-corrected chi connectivity index (χ4v) is 2.74. The molecule has 0 spiro atoms. The molecular formula is C15H25BrN4. The summed E-state index contributed by atoms with van der Waals surface area (Å²) in [6.45, 7) is 9.81. The van der Waals surface area contributed by atoms with Gasteiger partial charge in [0.1, 0.15) is 16.2 Å². The third kappa shape index (κ3) is 4.42. The van der Waals surface area contributed by atoms with Gasteiger partial charge in [-0.2, -0.15) is 0 Å².